The predicted molar refractivity (Wildman–Crippen MR) is 76.6 cm³/mol. The molecule has 0 saturated carbocycles. The molecule has 0 radical (unpaired) electrons. The molecule has 0 spiro atoms. The summed E-state index contributed by atoms with van der Waals surface area (Å²) in [7, 11) is -3.96. The average Bonchev–Trinajstić information content (AvgIpc) is 2.30. The van der Waals surface area contributed by atoms with Crippen molar-refractivity contribution in [3.05, 3.63) is 23.8 Å². The van der Waals surface area contributed by atoms with Crippen LogP contribution in [0.2, 0.25) is 0 Å². The maximum atomic E-state index is 11.8. The van der Waals surface area contributed by atoms with Crippen LogP contribution >= 0.6 is 0 Å². The predicted octanol–water partition coefficient (Wildman–Crippen LogP) is 2.00. The van der Waals surface area contributed by atoms with Crippen LogP contribution in [0.5, 0.6) is 5.75 Å². The van der Waals surface area contributed by atoms with Gasteiger partial charge in [-0.25, -0.2) is 8.42 Å². The molecule has 20 heavy (non-hydrogen) atoms. The van der Waals surface area contributed by atoms with Crippen molar-refractivity contribution in [3.63, 3.8) is 0 Å². The van der Waals surface area contributed by atoms with Crippen LogP contribution in [-0.4, -0.2) is 30.8 Å². The Balaban J connectivity index is 2.97. The summed E-state index contributed by atoms with van der Waals surface area (Å²) in [5.41, 5.74) is 0.999. The Bertz CT molecular complexity index is 595. The lowest BCUT2D eigenvalue weighted by molar-refractivity contribution is -0.136. The highest BCUT2D eigenvalue weighted by Crippen LogP contribution is 2.23. The molecule has 6 nitrogen and oxygen atoms in total. The topological polar surface area (TPSA) is 92.7 Å². The second-order valence-corrected chi connectivity index (χ2v) is 6.77. The number of anilines is 1. The van der Waals surface area contributed by atoms with Gasteiger partial charge < -0.3 is 9.84 Å². The number of hydrogen-bond donors (Lipinski definition) is 2. The molecule has 0 saturated heterocycles. The number of carboxylic acid groups (broad SMARTS) is 1. The van der Waals surface area contributed by atoms with E-state index in [1.807, 2.05) is 13.8 Å². The largest absolute Gasteiger partial charge is 0.491 e. The van der Waals surface area contributed by atoms with Crippen LogP contribution in [0.25, 0.3) is 0 Å². The van der Waals surface area contributed by atoms with E-state index < -0.39 is 21.2 Å². The summed E-state index contributed by atoms with van der Waals surface area (Å²) >= 11 is 0. The Morgan fingerprint density at radius 3 is 2.35 bits per heavy atom. The van der Waals surface area contributed by atoms with Crippen molar-refractivity contribution in [1.82, 2.24) is 0 Å². The fraction of sp³-hybridized carbons (Fsp3) is 0.462. The van der Waals surface area contributed by atoms with E-state index in [2.05, 4.69) is 4.72 Å². The second kappa shape index (κ2) is 6.13. The molecule has 0 aliphatic heterocycles. The molecule has 1 unspecified atom stereocenters. The first-order chi connectivity index (χ1) is 9.13. The number of aliphatic carboxylic acids is 1. The highest BCUT2D eigenvalue weighted by atomic mass is 32.2. The van der Waals surface area contributed by atoms with Crippen molar-refractivity contribution in [2.24, 2.45) is 0 Å². The molecule has 1 atom stereocenters. The van der Waals surface area contributed by atoms with E-state index in [1.54, 1.807) is 25.1 Å². The molecular weight excluding hydrogens is 282 g/mol. The average molecular weight is 301 g/mol. The van der Waals surface area contributed by atoms with Gasteiger partial charge in [-0.3, -0.25) is 9.52 Å². The van der Waals surface area contributed by atoms with Gasteiger partial charge in [0.05, 0.1) is 11.8 Å². The van der Waals surface area contributed by atoms with Crippen molar-refractivity contribution in [1.29, 1.82) is 0 Å². The Hall–Kier alpha value is -1.76. The van der Waals surface area contributed by atoms with E-state index in [1.165, 1.54) is 0 Å². The number of carboxylic acids is 1. The van der Waals surface area contributed by atoms with Crippen LogP contribution in [0, 0.1) is 6.92 Å². The van der Waals surface area contributed by atoms with E-state index in [0.29, 0.717) is 17.0 Å². The molecule has 2 N–H and O–H groups in total. The molecule has 7 heteroatoms. The molecule has 0 heterocycles. The van der Waals surface area contributed by atoms with Crippen LogP contribution < -0.4 is 9.46 Å². The summed E-state index contributed by atoms with van der Waals surface area (Å²) in [5, 5.41) is 7.25. The Kier molecular flexibility index (Phi) is 4.99. The third kappa shape index (κ3) is 4.12. The van der Waals surface area contributed by atoms with Crippen LogP contribution in [-0.2, 0) is 14.8 Å². The standard InChI is InChI=1S/C13H19NO5S/c1-8(2)19-11-5-6-12(9(3)7-11)14-20(17,18)10(4)13(15)16/h5-8,10,14H,1-4H3,(H,15,16). The van der Waals surface area contributed by atoms with E-state index in [9.17, 15) is 13.2 Å². The second-order valence-electron chi connectivity index (χ2n) is 4.77. The molecule has 0 aromatic heterocycles. The van der Waals surface area contributed by atoms with Gasteiger partial charge in [-0.15, -0.1) is 0 Å². The van der Waals surface area contributed by atoms with Gasteiger partial charge in [0, 0.05) is 0 Å². The highest BCUT2D eigenvalue weighted by molar-refractivity contribution is 7.94. The molecule has 0 aliphatic rings. The van der Waals surface area contributed by atoms with Crippen molar-refractivity contribution in [3.8, 4) is 5.75 Å². The number of rotatable bonds is 6. The number of carbonyl (C=O) groups is 1. The number of ether oxygens (including phenoxy) is 1. The number of benzene rings is 1. The SMILES string of the molecule is Cc1cc(OC(C)C)ccc1NS(=O)(=O)C(C)C(=O)O. The molecule has 1 aromatic carbocycles. The first-order valence-corrected chi connectivity index (χ1v) is 7.70. The van der Waals surface area contributed by atoms with Gasteiger partial charge in [0.1, 0.15) is 5.75 Å². The van der Waals surface area contributed by atoms with Crippen LogP contribution in [0.15, 0.2) is 18.2 Å². The smallest absolute Gasteiger partial charge is 0.323 e. The monoisotopic (exact) mass is 301 g/mol. The summed E-state index contributed by atoms with van der Waals surface area (Å²) in [6.07, 6.45) is 0.0176. The Labute approximate surface area is 118 Å². The summed E-state index contributed by atoms with van der Waals surface area (Å²) in [6, 6.07) is 4.89. The molecule has 112 valence electrons. The fourth-order valence-corrected chi connectivity index (χ4v) is 2.45. The Morgan fingerprint density at radius 1 is 1.30 bits per heavy atom. The van der Waals surface area contributed by atoms with Crippen molar-refractivity contribution in [2.75, 3.05) is 4.72 Å². The zero-order valence-corrected chi connectivity index (χ0v) is 12.7. The van der Waals surface area contributed by atoms with Gasteiger partial charge in [0.25, 0.3) is 0 Å². The first kappa shape index (κ1) is 16.3. The minimum atomic E-state index is -3.96. The van der Waals surface area contributed by atoms with Gasteiger partial charge >= 0.3 is 5.97 Å². The Morgan fingerprint density at radius 2 is 1.90 bits per heavy atom. The van der Waals surface area contributed by atoms with Crippen molar-refractivity contribution >= 4 is 21.7 Å². The zero-order valence-electron chi connectivity index (χ0n) is 11.9. The normalized spacial score (nSPS) is 13.1. The summed E-state index contributed by atoms with van der Waals surface area (Å²) < 4.78 is 31.4. The fourth-order valence-electron chi connectivity index (χ4n) is 1.47. The number of sulfonamides is 1. The first-order valence-electron chi connectivity index (χ1n) is 6.15. The summed E-state index contributed by atoms with van der Waals surface area (Å²) in [5.74, 6) is -0.762. The lowest BCUT2D eigenvalue weighted by Gasteiger charge is -2.15. The van der Waals surface area contributed by atoms with Gasteiger partial charge in [0.15, 0.2) is 5.25 Å². The molecule has 0 fully saturated rings. The third-order valence-corrected chi connectivity index (χ3v) is 4.27. The van der Waals surface area contributed by atoms with Crippen molar-refractivity contribution in [2.45, 2.75) is 39.0 Å². The molecule has 0 bridgehead atoms. The number of aryl methyl sites for hydroxylation is 1. The van der Waals surface area contributed by atoms with E-state index in [-0.39, 0.29) is 6.10 Å². The summed E-state index contributed by atoms with van der Waals surface area (Å²) in [6.45, 7) is 6.62. The quantitative estimate of drug-likeness (QED) is 0.838. The van der Waals surface area contributed by atoms with Gasteiger partial charge in [-0.1, -0.05) is 0 Å². The van der Waals surface area contributed by atoms with Gasteiger partial charge in [-0.2, -0.15) is 0 Å². The van der Waals surface area contributed by atoms with Gasteiger partial charge in [0.2, 0.25) is 10.0 Å². The maximum absolute atomic E-state index is 11.8. The van der Waals surface area contributed by atoms with E-state index in [0.717, 1.165) is 6.92 Å². The van der Waals surface area contributed by atoms with E-state index >= 15 is 0 Å². The third-order valence-electron chi connectivity index (χ3n) is 2.64. The van der Waals surface area contributed by atoms with Gasteiger partial charge in [-0.05, 0) is 51.5 Å². The molecular formula is C13H19NO5S. The minimum absolute atomic E-state index is 0.0176. The zero-order chi connectivity index (χ0) is 15.5. The maximum Gasteiger partial charge on any atom is 0.323 e. The number of nitrogens with one attached hydrogen (secondary N) is 1. The van der Waals surface area contributed by atoms with Crippen LogP contribution in [0.1, 0.15) is 26.3 Å². The molecule has 1 rings (SSSR count). The van der Waals surface area contributed by atoms with Crippen molar-refractivity contribution < 1.29 is 23.1 Å². The minimum Gasteiger partial charge on any atom is -0.491 e. The van der Waals surface area contributed by atoms with E-state index in [4.69, 9.17) is 9.84 Å². The highest BCUT2D eigenvalue weighted by Gasteiger charge is 2.27. The molecule has 0 amide bonds. The molecule has 0 aliphatic carbocycles. The van der Waals surface area contributed by atoms with Crippen LogP contribution in [0.4, 0.5) is 5.69 Å². The number of hydrogen-bond acceptors (Lipinski definition) is 4. The summed E-state index contributed by atoms with van der Waals surface area (Å²) in [4.78, 5) is 10.8. The lowest BCUT2D eigenvalue weighted by atomic mass is 10.2. The van der Waals surface area contributed by atoms with Crippen LogP contribution in [0.3, 0.4) is 0 Å². The molecule has 1 aromatic rings. The lowest BCUT2D eigenvalue weighted by Crippen LogP contribution is -2.32.